The highest BCUT2D eigenvalue weighted by Gasteiger charge is 2.23. The van der Waals surface area contributed by atoms with Crippen LogP contribution in [0.15, 0.2) is 0 Å². The molecule has 0 bridgehead atoms. The Morgan fingerprint density at radius 3 is 2.44 bits per heavy atom. The van der Waals surface area contributed by atoms with Gasteiger partial charge in [0.25, 0.3) is 5.91 Å². The predicted molar refractivity (Wildman–Crippen MR) is 77.3 cm³/mol. The van der Waals surface area contributed by atoms with Crippen molar-refractivity contribution in [3.05, 3.63) is 4.88 Å². The van der Waals surface area contributed by atoms with Crippen molar-refractivity contribution in [3.63, 3.8) is 0 Å². The summed E-state index contributed by atoms with van der Waals surface area (Å²) in [6.07, 6.45) is 0.934. The molecule has 0 aromatic carbocycles. The summed E-state index contributed by atoms with van der Waals surface area (Å²) in [7, 11) is 3.78. The lowest BCUT2D eigenvalue weighted by molar-refractivity contribution is 0.0712. The largest absolute Gasteiger partial charge is 0.382 e. The van der Waals surface area contributed by atoms with Crippen molar-refractivity contribution in [3.8, 4) is 0 Å². The molecule has 0 aliphatic carbocycles. The normalized spacial score (nSPS) is 10.8. The molecule has 0 aliphatic rings. The Morgan fingerprint density at radius 1 is 1.44 bits per heavy atom. The Balaban J connectivity index is 3.01. The number of aromatic nitrogens is 1. The van der Waals surface area contributed by atoms with Crippen LogP contribution in [-0.2, 0) is 0 Å². The van der Waals surface area contributed by atoms with Gasteiger partial charge in [-0.3, -0.25) is 4.79 Å². The van der Waals surface area contributed by atoms with E-state index in [1.165, 1.54) is 11.3 Å². The lowest BCUT2D eigenvalue weighted by Crippen LogP contribution is -2.37. The molecular weight excluding hydrogens is 248 g/mol. The van der Waals surface area contributed by atoms with Gasteiger partial charge in [0.05, 0.1) is 0 Å². The van der Waals surface area contributed by atoms with Crippen LogP contribution < -0.4 is 10.6 Å². The summed E-state index contributed by atoms with van der Waals surface area (Å²) >= 11 is 1.35. The highest BCUT2D eigenvalue weighted by atomic mass is 32.1. The maximum atomic E-state index is 12.4. The van der Waals surface area contributed by atoms with Crippen molar-refractivity contribution >= 4 is 28.2 Å². The fraction of sp³-hybridized carbons (Fsp3) is 0.667. The van der Waals surface area contributed by atoms with E-state index in [-0.39, 0.29) is 11.9 Å². The molecule has 0 fully saturated rings. The van der Waals surface area contributed by atoms with Crippen molar-refractivity contribution in [1.82, 2.24) is 9.88 Å². The number of nitrogens with zero attached hydrogens (tertiary/aromatic N) is 3. The van der Waals surface area contributed by atoms with E-state index >= 15 is 0 Å². The molecule has 0 radical (unpaired) electrons. The lowest BCUT2D eigenvalue weighted by Gasteiger charge is -2.25. The van der Waals surface area contributed by atoms with E-state index in [4.69, 9.17) is 5.73 Å². The molecular formula is C12H22N4OS. The second-order valence-corrected chi connectivity index (χ2v) is 5.68. The Hall–Kier alpha value is -1.30. The number of rotatable bonds is 5. The first-order chi connectivity index (χ1) is 8.38. The van der Waals surface area contributed by atoms with Crippen LogP contribution in [0.25, 0.3) is 0 Å². The van der Waals surface area contributed by atoms with Crippen molar-refractivity contribution < 1.29 is 4.79 Å². The molecule has 0 saturated carbocycles. The fourth-order valence-electron chi connectivity index (χ4n) is 1.63. The Bertz CT molecular complexity index is 414. The van der Waals surface area contributed by atoms with Crippen LogP contribution >= 0.6 is 11.3 Å². The Kier molecular flexibility index (Phi) is 4.95. The van der Waals surface area contributed by atoms with Crippen LogP contribution in [0, 0.1) is 0 Å². The quantitative estimate of drug-likeness (QED) is 0.889. The van der Waals surface area contributed by atoms with Gasteiger partial charge >= 0.3 is 0 Å². The van der Waals surface area contributed by atoms with Crippen molar-refractivity contribution in [2.24, 2.45) is 0 Å². The number of nitrogen functional groups attached to an aromatic ring is 1. The number of amides is 1. The molecule has 5 nitrogen and oxygen atoms in total. The first kappa shape index (κ1) is 14.8. The summed E-state index contributed by atoms with van der Waals surface area (Å²) in [5.41, 5.74) is 5.84. The van der Waals surface area contributed by atoms with Gasteiger partial charge in [-0.2, -0.15) is 0 Å². The van der Waals surface area contributed by atoms with E-state index < -0.39 is 0 Å². The number of thiazole rings is 1. The highest BCUT2D eigenvalue weighted by Crippen LogP contribution is 2.28. The molecule has 1 aromatic heterocycles. The number of nitrogens with two attached hydrogens (primary N) is 1. The average molecular weight is 270 g/mol. The van der Waals surface area contributed by atoms with Gasteiger partial charge in [-0.25, -0.2) is 4.98 Å². The lowest BCUT2D eigenvalue weighted by atomic mass is 10.2. The van der Waals surface area contributed by atoms with Gasteiger partial charge in [-0.1, -0.05) is 18.3 Å². The molecule has 0 spiro atoms. The second kappa shape index (κ2) is 6.04. The summed E-state index contributed by atoms with van der Waals surface area (Å²) in [4.78, 5) is 20.9. The maximum Gasteiger partial charge on any atom is 0.268 e. The minimum Gasteiger partial charge on any atom is -0.382 e. The van der Waals surface area contributed by atoms with E-state index in [9.17, 15) is 4.79 Å². The topological polar surface area (TPSA) is 62.5 Å². The van der Waals surface area contributed by atoms with Gasteiger partial charge in [0.2, 0.25) is 0 Å². The number of anilines is 2. The van der Waals surface area contributed by atoms with Gasteiger partial charge < -0.3 is 15.5 Å². The molecule has 0 saturated heterocycles. The second-order valence-electron chi connectivity index (χ2n) is 4.70. The van der Waals surface area contributed by atoms with Gasteiger partial charge in [0, 0.05) is 26.7 Å². The van der Waals surface area contributed by atoms with Crippen molar-refractivity contribution in [2.45, 2.75) is 33.2 Å². The van der Waals surface area contributed by atoms with Crippen LogP contribution in [0.3, 0.4) is 0 Å². The van der Waals surface area contributed by atoms with Crippen LogP contribution in [-0.4, -0.2) is 42.5 Å². The molecule has 0 atom stereocenters. The summed E-state index contributed by atoms with van der Waals surface area (Å²) in [6.45, 7) is 6.82. The standard InChI is InChI=1S/C12H22N4OS/c1-6-7-16(8(2)3)11(17)9-10(13)14-12(18-9)15(4)5/h8H,6-7,13H2,1-5H3. The van der Waals surface area contributed by atoms with Gasteiger partial charge in [0.1, 0.15) is 10.7 Å². The molecule has 1 aromatic rings. The van der Waals surface area contributed by atoms with Crippen molar-refractivity contribution in [1.29, 1.82) is 0 Å². The summed E-state index contributed by atoms with van der Waals surface area (Å²) in [6, 6.07) is 0.168. The van der Waals surface area contributed by atoms with Crippen molar-refractivity contribution in [2.75, 3.05) is 31.3 Å². The first-order valence-corrected chi connectivity index (χ1v) is 6.94. The maximum absolute atomic E-state index is 12.4. The highest BCUT2D eigenvalue weighted by molar-refractivity contribution is 7.18. The summed E-state index contributed by atoms with van der Waals surface area (Å²) in [5, 5.41) is 0.760. The SMILES string of the molecule is CCCN(C(=O)c1sc(N(C)C)nc1N)C(C)C. The number of hydrogen-bond donors (Lipinski definition) is 1. The Labute approximate surface area is 113 Å². The first-order valence-electron chi connectivity index (χ1n) is 6.13. The zero-order chi connectivity index (χ0) is 13.9. The average Bonchev–Trinajstić information content (AvgIpc) is 2.67. The molecule has 0 aliphatic heterocycles. The van der Waals surface area contributed by atoms with Crippen LogP contribution in [0.2, 0.25) is 0 Å². The molecule has 1 heterocycles. The van der Waals surface area contributed by atoms with E-state index in [0.717, 1.165) is 18.1 Å². The van der Waals surface area contributed by atoms with E-state index in [0.29, 0.717) is 10.7 Å². The summed E-state index contributed by atoms with van der Waals surface area (Å²) < 4.78 is 0. The molecule has 1 amide bonds. The minimum absolute atomic E-state index is 0.0186. The van der Waals surface area contributed by atoms with Gasteiger partial charge in [-0.15, -0.1) is 0 Å². The number of hydrogen-bond acceptors (Lipinski definition) is 5. The minimum atomic E-state index is -0.0186. The Morgan fingerprint density at radius 2 is 2.06 bits per heavy atom. The van der Waals surface area contributed by atoms with E-state index in [1.807, 2.05) is 37.7 Å². The molecule has 6 heteroatoms. The molecule has 1 rings (SSSR count). The molecule has 18 heavy (non-hydrogen) atoms. The van der Waals surface area contributed by atoms with E-state index in [1.54, 1.807) is 0 Å². The zero-order valence-corrected chi connectivity index (χ0v) is 12.5. The van der Waals surface area contributed by atoms with Crippen LogP contribution in [0.4, 0.5) is 10.9 Å². The predicted octanol–water partition coefficient (Wildman–Crippen LogP) is 2.05. The van der Waals surface area contributed by atoms with Gasteiger partial charge in [-0.05, 0) is 20.3 Å². The van der Waals surface area contributed by atoms with Crippen LogP contribution in [0.5, 0.6) is 0 Å². The summed E-state index contributed by atoms with van der Waals surface area (Å²) in [5.74, 6) is 0.311. The third-order valence-corrected chi connectivity index (χ3v) is 3.79. The smallest absolute Gasteiger partial charge is 0.268 e. The fourth-order valence-corrected chi connectivity index (χ4v) is 2.49. The van der Waals surface area contributed by atoms with Crippen LogP contribution in [0.1, 0.15) is 36.9 Å². The number of carbonyl (C=O) groups excluding carboxylic acids is 1. The molecule has 2 N–H and O–H groups in total. The molecule has 102 valence electrons. The number of carbonyl (C=O) groups is 1. The third kappa shape index (κ3) is 3.13. The zero-order valence-electron chi connectivity index (χ0n) is 11.7. The van der Waals surface area contributed by atoms with Gasteiger partial charge in [0.15, 0.2) is 5.13 Å². The third-order valence-electron chi connectivity index (χ3n) is 2.57. The monoisotopic (exact) mass is 270 g/mol. The molecule has 0 unspecified atom stereocenters. The van der Waals surface area contributed by atoms with E-state index in [2.05, 4.69) is 11.9 Å².